The second-order valence-electron chi connectivity index (χ2n) is 7.24. The zero-order valence-electron chi connectivity index (χ0n) is 15.8. The average molecular weight is 398 g/mol. The van der Waals surface area contributed by atoms with Crippen molar-refractivity contribution in [1.82, 2.24) is 24.1 Å². The molecule has 0 unspecified atom stereocenters. The molecule has 27 heavy (non-hydrogen) atoms. The highest BCUT2D eigenvalue weighted by atomic mass is 32.2. The molecule has 10 heteroatoms. The summed E-state index contributed by atoms with van der Waals surface area (Å²) in [5.74, 6) is -0.383. The number of sulfonamides is 1. The third-order valence-electron chi connectivity index (χ3n) is 5.37. The number of carbonyl (C=O) groups excluding carboxylic acids is 2. The predicted octanol–water partition coefficient (Wildman–Crippen LogP) is -0.0521. The van der Waals surface area contributed by atoms with E-state index in [9.17, 15) is 18.0 Å². The van der Waals surface area contributed by atoms with Crippen molar-refractivity contribution in [2.75, 3.05) is 26.2 Å². The Hall–Kier alpha value is -1.94. The standard InChI is InChI=1S/C17H27N5O4S/c1-13(23)22-9-4-8-21(27(25,26)16-11-20(2)12-19-16)10-7-18-17(24)14-5-3-6-15(14)22/h11-12,14-15H,3-10H2,1-2H3,(H,18,24)/t14-,15+/m1/s1. The van der Waals surface area contributed by atoms with Gasteiger partial charge >= 0.3 is 0 Å². The number of carbonyl (C=O) groups is 2. The van der Waals surface area contributed by atoms with E-state index in [1.54, 1.807) is 16.5 Å². The van der Waals surface area contributed by atoms with Crippen LogP contribution in [-0.2, 0) is 26.7 Å². The Bertz CT molecular complexity index is 806. The molecule has 150 valence electrons. The van der Waals surface area contributed by atoms with E-state index in [1.165, 1.54) is 23.8 Å². The molecule has 2 atom stereocenters. The lowest BCUT2D eigenvalue weighted by atomic mass is 10.0. The minimum absolute atomic E-state index is 0.00788. The van der Waals surface area contributed by atoms with Crippen LogP contribution in [0, 0.1) is 5.92 Å². The molecule has 2 amide bonds. The summed E-state index contributed by atoms with van der Waals surface area (Å²) < 4.78 is 28.7. The monoisotopic (exact) mass is 397 g/mol. The normalized spacial score (nSPS) is 25.6. The van der Waals surface area contributed by atoms with Crippen molar-refractivity contribution in [2.24, 2.45) is 13.0 Å². The number of nitrogens with one attached hydrogen (secondary N) is 1. The van der Waals surface area contributed by atoms with Crippen molar-refractivity contribution < 1.29 is 18.0 Å². The van der Waals surface area contributed by atoms with E-state index in [2.05, 4.69) is 10.3 Å². The lowest BCUT2D eigenvalue weighted by Gasteiger charge is -2.31. The van der Waals surface area contributed by atoms with E-state index in [1.807, 2.05) is 0 Å². The van der Waals surface area contributed by atoms with E-state index >= 15 is 0 Å². The van der Waals surface area contributed by atoms with Crippen molar-refractivity contribution in [3.63, 3.8) is 0 Å². The Morgan fingerprint density at radius 1 is 1.22 bits per heavy atom. The Labute approximate surface area is 159 Å². The number of amides is 2. The molecule has 1 aromatic rings. The number of aromatic nitrogens is 2. The zero-order valence-corrected chi connectivity index (χ0v) is 16.6. The summed E-state index contributed by atoms with van der Waals surface area (Å²) in [5, 5.41) is 2.85. The number of aryl methyl sites for hydroxylation is 1. The molecule has 3 rings (SSSR count). The largest absolute Gasteiger partial charge is 0.354 e. The fourth-order valence-corrected chi connectivity index (χ4v) is 5.48. The summed E-state index contributed by atoms with van der Waals surface area (Å²) in [5.41, 5.74) is 0. The van der Waals surface area contributed by atoms with Gasteiger partial charge in [0.2, 0.25) is 11.8 Å². The van der Waals surface area contributed by atoms with Gasteiger partial charge in [-0.25, -0.2) is 13.4 Å². The van der Waals surface area contributed by atoms with Crippen LogP contribution in [0.5, 0.6) is 0 Å². The molecule has 1 saturated carbocycles. The van der Waals surface area contributed by atoms with Crippen molar-refractivity contribution in [3.05, 3.63) is 12.5 Å². The van der Waals surface area contributed by atoms with Gasteiger partial charge < -0.3 is 14.8 Å². The molecule has 1 aromatic heterocycles. The summed E-state index contributed by atoms with van der Waals surface area (Å²) in [6.07, 6.45) is 5.92. The van der Waals surface area contributed by atoms with Crippen molar-refractivity contribution in [3.8, 4) is 0 Å². The fraction of sp³-hybridized carbons (Fsp3) is 0.706. The Morgan fingerprint density at radius 2 is 2.00 bits per heavy atom. The molecule has 2 heterocycles. The van der Waals surface area contributed by atoms with Crippen LogP contribution in [0.3, 0.4) is 0 Å². The Balaban J connectivity index is 1.82. The molecule has 0 radical (unpaired) electrons. The van der Waals surface area contributed by atoms with Gasteiger partial charge in [-0.2, -0.15) is 4.31 Å². The van der Waals surface area contributed by atoms with Gasteiger partial charge in [0.1, 0.15) is 0 Å². The van der Waals surface area contributed by atoms with Gasteiger partial charge in [0.15, 0.2) is 5.03 Å². The molecular weight excluding hydrogens is 370 g/mol. The van der Waals surface area contributed by atoms with Crippen molar-refractivity contribution >= 4 is 21.8 Å². The van der Waals surface area contributed by atoms with Gasteiger partial charge in [0, 0.05) is 52.4 Å². The SMILES string of the molecule is CC(=O)N1CCCN(S(=O)(=O)c2cn(C)cn2)CCNC(=O)[C@@H]2CCC[C@@H]21. The summed E-state index contributed by atoms with van der Waals surface area (Å²) in [4.78, 5) is 30.4. The van der Waals surface area contributed by atoms with E-state index < -0.39 is 10.0 Å². The van der Waals surface area contributed by atoms with Crippen LogP contribution in [0.2, 0.25) is 0 Å². The van der Waals surface area contributed by atoms with Gasteiger partial charge in [-0.15, -0.1) is 0 Å². The molecular formula is C17H27N5O4S. The number of rotatable bonds is 2. The molecule has 0 spiro atoms. The van der Waals surface area contributed by atoms with Gasteiger partial charge in [0.25, 0.3) is 10.0 Å². The molecule has 1 aliphatic carbocycles. The summed E-state index contributed by atoms with van der Waals surface area (Å²) in [7, 11) is -2.04. The van der Waals surface area contributed by atoms with E-state index in [0.717, 1.165) is 19.3 Å². The second kappa shape index (κ2) is 7.97. The molecule has 9 nitrogen and oxygen atoms in total. The Morgan fingerprint density at radius 3 is 2.67 bits per heavy atom. The highest BCUT2D eigenvalue weighted by Gasteiger charge is 2.38. The highest BCUT2D eigenvalue weighted by molar-refractivity contribution is 7.89. The number of hydrogen-bond donors (Lipinski definition) is 1. The minimum Gasteiger partial charge on any atom is -0.354 e. The molecule has 1 aliphatic heterocycles. The number of imidazole rings is 1. The van der Waals surface area contributed by atoms with Gasteiger partial charge in [-0.1, -0.05) is 6.42 Å². The summed E-state index contributed by atoms with van der Waals surface area (Å²) in [6.45, 7) is 2.65. The van der Waals surface area contributed by atoms with Gasteiger partial charge in [0.05, 0.1) is 12.2 Å². The first kappa shape index (κ1) is 19.8. The molecule has 1 saturated heterocycles. The van der Waals surface area contributed by atoms with Crippen molar-refractivity contribution in [2.45, 2.75) is 43.7 Å². The van der Waals surface area contributed by atoms with Gasteiger partial charge in [-0.05, 0) is 19.3 Å². The quantitative estimate of drug-likeness (QED) is 0.753. The van der Waals surface area contributed by atoms with Crippen LogP contribution in [0.25, 0.3) is 0 Å². The average Bonchev–Trinajstić information content (AvgIpc) is 3.24. The topological polar surface area (TPSA) is 105 Å². The molecule has 0 bridgehead atoms. The molecule has 0 aromatic carbocycles. The number of hydrogen-bond acceptors (Lipinski definition) is 5. The van der Waals surface area contributed by atoms with Crippen molar-refractivity contribution in [1.29, 1.82) is 0 Å². The third kappa shape index (κ3) is 4.16. The van der Waals surface area contributed by atoms with Crippen LogP contribution >= 0.6 is 0 Å². The van der Waals surface area contributed by atoms with Crippen LogP contribution in [0.1, 0.15) is 32.6 Å². The molecule has 2 fully saturated rings. The first-order valence-corrected chi connectivity index (χ1v) is 10.8. The number of fused-ring (bicyclic) bond motifs is 1. The lowest BCUT2D eigenvalue weighted by molar-refractivity contribution is -0.134. The first-order valence-electron chi connectivity index (χ1n) is 9.33. The van der Waals surface area contributed by atoms with Crippen LogP contribution in [0.4, 0.5) is 0 Å². The van der Waals surface area contributed by atoms with Crippen LogP contribution < -0.4 is 5.32 Å². The molecule has 2 aliphatic rings. The van der Waals surface area contributed by atoms with E-state index in [4.69, 9.17) is 0 Å². The summed E-state index contributed by atoms with van der Waals surface area (Å²) >= 11 is 0. The fourth-order valence-electron chi connectivity index (χ4n) is 4.03. The first-order chi connectivity index (χ1) is 12.8. The van der Waals surface area contributed by atoms with Gasteiger partial charge in [-0.3, -0.25) is 9.59 Å². The third-order valence-corrected chi connectivity index (χ3v) is 7.16. The van der Waals surface area contributed by atoms with E-state index in [-0.39, 0.29) is 48.4 Å². The second-order valence-corrected chi connectivity index (χ2v) is 9.13. The maximum absolute atomic E-state index is 12.9. The minimum atomic E-state index is -3.75. The molecule has 1 N–H and O–H groups in total. The number of nitrogens with zero attached hydrogens (tertiary/aromatic N) is 4. The Kier molecular flexibility index (Phi) is 5.85. The maximum atomic E-state index is 12.9. The maximum Gasteiger partial charge on any atom is 0.262 e. The lowest BCUT2D eigenvalue weighted by Crippen LogP contribution is -2.46. The zero-order chi connectivity index (χ0) is 19.6. The van der Waals surface area contributed by atoms with Crippen LogP contribution in [0.15, 0.2) is 17.6 Å². The summed E-state index contributed by atoms with van der Waals surface area (Å²) in [6, 6.07) is -0.0959. The van der Waals surface area contributed by atoms with Crippen LogP contribution in [-0.4, -0.2) is 71.2 Å². The smallest absolute Gasteiger partial charge is 0.262 e. The van der Waals surface area contributed by atoms with E-state index in [0.29, 0.717) is 13.0 Å². The predicted molar refractivity (Wildman–Crippen MR) is 98.1 cm³/mol. The highest BCUT2D eigenvalue weighted by Crippen LogP contribution is 2.31.